The van der Waals surface area contributed by atoms with Gasteiger partial charge in [-0.15, -0.1) is 0 Å². The van der Waals surface area contributed by atoms with Gasteiger partial charge in [0.2, 0.25) is 0 Å². The smallest absolute Gasteiger partial charge is 0.310 e. The van der Waals surface area contributed by atoms with Crippen molar-refractivity contribution in [3.05, 3.63) is 0 Å². The molecule has 0 aromatic heterocycles. The normalized spacial score (nSPS) is 40.6. The first-order chi connectivity index (χ1) is 6.63. The Kier molecular flexibility index (Phi) is 2.30. The number of hydrogen-bond donors (Lipinski definition) is 0. The van der Waals surface area contributed by atoms with Crippen LogP contribution in [0, 0.1) is 11.8 Å². The highest BCUT2D eigenvalue weighted by atomic mass is 16.5. The highest BCUT2D eigenvalue weighted by Gasteiger charge is 2.61. The van der Waals surface area contributed by atoms with E-state index in [2.05, 4.69) is 19.0 Å². The first kappa shape index (κ1) is 9.97. The molecule has 2 fully saturated rings. The van der Waals surface area contributed by atoms with Crippen molar-refractivity contribution in [3.8, 4) is 0 Å². The number of hydrogen-bond acceptors (Lipinski definition) is 3. The van der Waals surface area contributed by atoms with E-state index in [0.717, 1.165) is 18.8 Å². The van der Waals surface area contributed by atoms with Gasteiger partial charge in [-0.05, 0) is 39.3 Å². The van der Waals surface area contributed by atoms with Crippen LogP contribution in [-0.2, 0) is 9.53 Å². The number of carbonyl (C=O) groups is 1. The third kappa shape index (κ3) is 1.05. The molecular formula is C11H19NO2. The van der Waals surface area contributed by atoms with Crippen molar-refractivity contribution in [2.45, 2.75) is 31.2 Å². The van der Waals surface area contributed by atoms with E-state index in [1.165, 1.54) is 20.0 Å². The summed E-state index contributed by atoms with van der Waals surface area (Å²) in [5.74, 6) is 0.827. The molecule has 3 heteroatoms. The predicted octanol–water partition coefficient (Wildman–Crippen LogP) is 1.28. The molecule has 0 aliphatic heterocycles. The summed E-state index contributed by atoms with van der Waals surface area (Å²) in [4.78, 5) is 13.8. The van der Waals surface area contributed by atoms with Gasteiger partial charge in [0.05, 0.1) is 13.0 Å². The predicted molar refractivity (Wildman–Crippen MR) is 53.9 cm³/mol. The molecule has 3 atom stereocenters. The maximum atomic E-state index is 11.6. The minimum absolute atomic E-state index is 0.0168. The summed E-state index contributed by atoms with van der Waals surface area (Å²) in [6.07, 6.45) is 4.73. The molecule has 0 radical (unpaired) electrons. The Morgan fingerprint density at radius 2 is 2.21 bits per heavy atom. The van der Waals surface area contributed by atoms with Gasteiger partial charge >= 0.3 is 5.97 Å². The van der Waals surface area contributed by atoms with Crippen molar-refractivity contribution in [1.29, 1.82) is 0 Å². The molecule has 2 aliphatic carbocycles. The minimum atomic E-state index is -0.0168. The van der Waals surface area contributed by atoms with Crippen molar-refractivity contribution in [3.63, 3.8) is 0 Å². The van der Waals surface area contributed by atoms with Gasteiger partial charge in [-0.2, -0.15) is 0 Å². The van der Waals surface area contributed by atoms with E-state index in [4.69, 9.17) is 4.74 Å². The number of fused-ring (bicyclic) bond motifs is 1. The van der Waals surface area contributed by atoms with Gasteiger partial charge in [0.25, 0.3) is 0 Å². The molecule has 14 heavy (non-hydrogen) atoms. The lowest BCUT2D eigenvalue weighted by atomic mass is 9.59. The van der Waals surface area contributed by atoms with E-state index in [9.17, 15) is 4.79 Å². The van der Waals surface area contributed by atoms with E-state index in [1.54, 1.807) is 0 Å². The maximum absolute atomic E-state index is 11.6. The molecule has 0 bridgehead atoms. The second-order valence-corrected chi connectivity index (χ2v) is 4.79. The van der Waals surface area contributed by atoms with Gasteiger partial charge in [-0.25, -0.2) is 0 Å². The average Bonchev–Trinajstić information content (AvgIpc) is 2.44. The van der Waals surface area contributed by atoms with Crippen LogP contribution < -0.4 is 0 Å². The molecule has 0 aromatic rings. The Morgan fingerprint density at radius 3 is 2.71 bits per heavy atom. The standard InChI is InChI=1S/C11H19NO2/c1-12(2)11-6-4-5-8(11)7-9(11)10(13)14-3/h8-9H,4-7H2,1-3H3. The third-order valence-corrected chi connectivity index (χ3v) is 4.28. The molecule has 0 spiro atoms. The Balaban J connectivity index is 2.19. The van der Waals surface area contributed by atoms with Crippen LogP contribution in [0.15, 0.2) is 0 Å². The highest BCUT2D eigenvalue weighted by Crippen LogP contribution is 2.57. The number of methoxy groups -OCH3 is 1. The van der Waals surface area contributed by atoms with Crippen molar-refractivity contribution in [2.75, 3.05) is 21.2 Å². The fourth-order valence-electron chi connectivity index (χ4n) is 3.54. The molecule has 2 aliphatic rings. The summed E-state index contributed by atoms with van der Waals surface area (Å²) < 4.78 is 4.87. The van der Waals surface area contributed by atoms with E-state index in [0.29, 0.717) is 0 Å². The monoisotopic (exact) mass is 197 g/mol. The van der Waals surface area contributed by atoms with Gasteiger partial charge in [0.15, 0.2) is 0 Å². The van der Waals surface area contributed by atoms with Gasteiger partial charge in [0, 0.05) is 5.54 Å². The van der Waals surface area contributed by atoms with E-state index < -0.39 is 0 Å². The molecule has 3 unspecified atom stereocenters. The van der Waals surface area contributed by atoms with Crippen LogP contribution in [0.1, 0.15) is 25.7 Å². The number of ether oxygens (including phenoxy) is 1. The molecule has 0 saturated heterocycles. The Morgan fingerprint density at radius 1 is 1.50 bits per heavy atom. The molecule has 80 valence electrons. The summed E-state index contributed by atoms with van der Waals surface area (Å²) in [5.41, 5.74) is 0.132. The van der Waals surface area contributed by atoms with Crippen molar-refractivity contribution in [2.24, 2.45) is 11.8 Å². The molecular weight excluding hydrogens is 178 g/mol. The molecule has 0 aromatic carbocycles. The first-order valence-corrected chi connectivity index (χ1v) is 5.38. The lowest BCUT2D eigenvalue weighted by Gasteiger charge is -2.55. The van der Waals surface area contributed by atoms with Gasteiger partial charge in [-0.3, -0.25) is 4.79 Å². The van der Waals surface area contributed by atoms with E-state index in [1.807, 2.05) is 0 Å². The quantitative estimate of drug-likeness (QED) is 0.625. The van der Waals surface area contributed by atoms with E-state index in [-0.39, 0.29) is 17.4 Å². The summed E-state index contributed by atoms with van der Waals surface area (Å²) in [5, 5.41) is 0. The molecule has 0 heterocycles. The average molecular weight is 197 g/mol. The molecule has 3 nitrogen and oxygen atoms in total. The summed E-state index contributed by atoms with van der Waals surface area (Å²) in [6, 6.07) is 0. The van der Waals surface area contributed by atoms with Crippen LogP contribution >= 0.6 is 0 Å². The van der Waals surface area contributed by atoms with Crippen molar-refractivity contribution >= 4 is 5.97 Å². The summed E-state index contributed by atoms with van der Waals surface area (Å²) in [6.45, 7) is 0. The van der Waals surface area contributed by atoms with Gasteiger partial charge in [0.1, 0.15) is 0 Å². The first-order valence-electron chi connectivity index (χ1n) is 5.38. The molecule has 2 rings (SSSR count). The van der Waals surface area contributed by atoms with Crippen LogP contribution in [0.3, 0.4) is 0 Å². The van der Waals surface area contributed by atoms with Crippen LogP contribution in [0.4, 0.5) is 0 Å². The fraction of sp³-hybridized carbons (Fsp3) is 0.909. The molecule has 0 N–H and O–H groups in total. The van der Waals surface area contributed by atoms with Crippen LogP contribution in [-0.4, -0.2) is 37.6 Å². The molecule has 2 saturated carbocycles. The highest BCUT2D eigenvalue weighted by molar-refractivity contribution is 5.76. The Hall–Kier alpha value is -0.570. The second-order valence-electron chi connectivity index (χ2n) is 4.79. The second kappa shape index (κ2) is 3.23. The zero-order chi connectivity index (χ0) is 10.3. The van der Waals surface area contributed by atoms with Crippen molar-refractivity contribution < 1.29 is 9.53 Å². The Bertz CT molecular complexity index is 252. The lowest BCUT2D eigenvalue weighted by molar-refractivity contribution is -0.164. The van der Waals surface area contributed by atoms with Crippen LogP contribution in [0.25, 0.3) is 0 Å². The minimum Gasteiger partial charge on any atom is -0.469 e. The zero-order valence-electron chi connectivity index (χ0n) is 9.25. The largest absolute Gasteiger partial charge is 0.469 e. The van der Waals surface area contributed by atoms with Crippen molar-refractivity contribution in [1.82, 2.24) is 4.90 Å². The summed E-state index contributed by atoms with van der Waals surface area (Å²) in [7, 11) is 5.68. The topological polar surface area (TPSA) is 29.5 Å². The SMILES string of the molecule is COC(=O)C1CC2CCCC21N(C)C. The third-order valence-electron chi connectivity index (χ3n) is 4.28. The fourth-order valence-corrected chi connectivity index (χ4v) is 3.54. The van der Waals surface area contributed by atoms with Crippen LogP contribution in [0.2, 0.25) is 0 Å². The maximum Gasteiger partial charge on any atom is 0.310 e. The van der Waals surface area contributed by atoms with Gasteiger partial charge < -0.3 is 9.64 Å². The zero-order valence-corrected chi connectivity index (χ0v) is 9.25. The molecule has 0 amide bonds. The number of carbonyl (C=O) groups excluding carboxylic acids is 1. The number of esters is 1. The summed E-state index contributed by atoms with van der Waals surface area (Å²) >= 11 is 0. The van der Waals surface area contributed by atoms with Gasteiger partial charge in [-0.1, -0.05) is 6.42 Å². The van der Waals surface area contributed by atoms with E-state index >= 15 is 0 Å². The number of nitrogens with zero attached hydrogens (tertiary/aromatic N) is 1. The Labute approximate surface area is 85.4 Å². The van der Waals surface area contributed by atoms with Crippen LogP contribution in [0.5, 0.6) is 0 Å². The number of rotatable bonds is 2. The lowest BCUT2D eigenvalue weighted by Crippen LogP contribution is -2.63.